The first kappa shape index (κ1) is 23.7. The molecule has 0 aliphatic carbocycles. The third kappa shape index (κ3) is 4.34. The molecule has 0 unspecified atom stereocenters. The Morgan fingerprint density at radius 3 is 1.44 bits per heavy atom. The SMILES string of the molecule is CCOCOc1cc(-c2cc(OCOCC)c3cccc(C)c3c2O)c(O)c2c(C)cccc12. The van der Waals surface area contributed by atoms with Gasteiger partial charge in [0.05, 0.1) is 0 Å². The van der Waals surface area contributed by atoms with Crippen LogP contribution in [0, 0.1) is 13.8 Å². The fourth-order valence-electron chi connectivity index (χ4n) is 4.23. The van der Waals surface area contributed by atoms with Crippen LogP contribution in [0.15, 0.2) is 48.5 Å². The van der Waals surface area contributed by atoms with Crippen LogP contribution in [0.3, 0.4) is 0 Å². The molecule has 4 aromatic carbocycles. The average Bonchev–Trinajstić information content (AvgIpc) is 2.82. The zero-order chi connectivity index (χ0) is 24.2. The summed E-state index contributed by atoms with van der Waals surface area (Å²) in [5, 5.41) is 25.6. The summed E-state index contributed by atoms with van der Waals surface area (Å²) in [6.07, 6.45) is 0. The lowest BCUT2D eigenvalue weighted by atomic mass is 9.92. The number of aryl methyl sites for hydroxylation is 2. The normalized spacial score (nSPS) is 11.3. The van der Waals surface area contributed by atoms with Gasteiger partial charge in [0.25, 0.3) is 0 Å². The van der Waals surface area contributed by atoms with Crippen molar-refractivity contribution in [2.75, 3.05) is 26.8 Å². The lowest BCUT2D eigenvalue weighted by Crippen LogP contribution is -2.04. The Kier molecular flexibility index (Phi) is 7.10. The zero-order valence-electron chi connectivity index (χ0n) is 20.0. The highest BCUT2D eigenvalue weighted by Crippen LogP contribution is 2.49. The van der Waals surface area contributed by atoms with E-state index in [1.54, 1.807) is 12.1 Å². The summed E-state index contributed by atoms with van der Waals surface area (Å²) >= 11 is 0. The third-order valence-corrected chi connectivity index (χ3v) is 5.91. The maximum atomic E-state index is 11.4. The molecular formula is C28H30O6. The van der Waals surface area contributed by atoms with Crippen molar-refractivity contribution in [3.63, 3.8) is 0 Å². The highest BCUT2D eigenvalue weighted by molar-refractivity contribution is 6.06. The molecule has 0 saturated carbocycles. The molecule has 4 aromatic rings. The van der Waals surface area contributed by atoms with Crippen LogP contribution in [0.4, 0.5) is 0 Å². The molecule has 0 amide bonds. The second kappa shape index (κ2) is 10.2. The highest BCUT2D eigenvalue weighted by atomic mass is 16.7. The van der Waals surface area contributed by atoms with Crippen molar-refractivity contribution < 1.29 is 29.2 Å². The van der Waals surface area contributed by atoms with E-state index < -0.39 is 0 Å². The number of phenols is 2. The molecule has 0 fully saturated rings. The molecule has 178 valence electrons. The first-order valence-corrected chi connectivity index (χ1v) is 11.4. The Balaban J connectivity index is 1.99. The molecule has 0 aliphatic rings. The molecule has 0 atom stereocenters. The zero-order valence-corrected chi connectivity index (χ0v) is 20.0. The van der Waals surface area contributed by atoms with Crippen LogP contribution < -0.4 is 9.47 Å². The molecule has 6 heteroatoms. The van der Waals surface area contributed by atoms with Crippen LogP contribution in [0.5, 0.6) is 23.0 Å². The summed E-state index contributed by atoms with van der Waals surface area (Å²) in [6.45, 7) is 8.85. The molecule has 0 aliphatic heterocycles. The van der Waals surface area contributed by atoms with Gasteiger partial charge in [0, 0.05) is 45.9 Å². The first-order valence-electron chi connectivity index (χ1n) is 11.4. The van der Waals surface area contributed by atoms with E-state index in [0.29, 0.717) is 46.6 Å². The van der Waals surface area contributed by atoms with Gasteiger partial charge in [-0.05, 0) is 51.0 Å². The topological polar surface area (TPSA) is 77.4 Å². The molecule has 34 heavy (non-hydrogen) atoms. The van der Waals surface area contributed by atoms with E-state index >= 15 is 0 Å². The molecule has 6 nitrogen and oxygen atoms in total. The van der Waals surface area contributed by atoms with Gasteiger partial charge < -0.3 is 29.2 Å². The van der Waals surface area contributed by atoms with E-state index in [1.165, 1.54) is 0 Å². The van der Waals surface area contributed by atoms with E-state index in [0.717, 1.165) is 21.9 Å². The van der Waals surface area contributed by atoms with Gasteiger partial charge in [0.1, 0.15) is 23.0 Å². The maximum absolute atomic E-state index is 11.4. The summed E-state index contributed by atoms with van der Waals surface area (Å²) in [6, 6.07) is 15.0. The summed E-state index contributed by atoms with van der Waals surface area (Å²) < 4.78 is 22.6. The van der Waals surface area contributed by atoms with Gasteiger partial charge in [-0.1, -0.05) is 36.4 Å². The standard InChI is InChI=1S/C28H30O6/c1-5-31-15-33-23-13-21(27(29)25-17(3)9-7-11-19(23)25)22-14-24(34-16-32-6-2)20-12-8-10-18(4)26(20)28(22)30/h7-14,29-30H,5-6,15-16H2,1-4H3. The van der Waals surface area contributed by atoms with E-state index in [-0.39, 0.29) is 25.1 Å². The molecule has 2 N–H and O–H groups in total. The monoisotopic (exact) mass is 462 g/mol. The number of aromatic hydroxyl groups is 2. The number of fused-ring (bicyclic) bond motifs is 2. The molecule has 0 spiro atoms. The summed E-state index contributed by atoms with van der Waals surface area (Å²) in [5.41, 5.74) is 2.67. The lowest BCUT2D eigenvalue weighted by Gasteiger charge is -2.19. The smallest absolute Gasteiger partial charge is 0.189 e. The Bertz CT molecular complexity index is 1230. The average molecular weight is 463 g/mol. The molecule has 0 aromatic heterocycles. The van der Waals surface area contributed by atoms with Crippen molar-refractivity contribution in [2.45, 2.75) is 27.7 Å². The molecule has 4 rings (SSSR count). The van der Waals surface area contributed by atoms with E-state index in [1.807, 2.05) is 64.1 Å². The Morgan fingerprint density at radius 1 is 0.647 bits per heavy atom. The molecule has 0 bridgehead atoms. The number of benzene rings is 4. The van der Waals surface area contributed by atoms with Crippen LogP contribution in [-0.2, 0) is 9.47 Å². The van der Waals surface area contributed by atoms with Crippen LogP contribution in [-0.4, -0.2) is 37.0 Å². The summed E-state index contributed by atoms with van der Waals surface area (Å²) in [7, 11) is 0. The van der Waals surface area contributed by atoms with E-state index in [9.17, 15) is 10.2 Å². The minimum absolute atomic E-state index is 0.0656. The quantitative estimate of drug-likeness (QED) is 0.220. The van der Waals surface area contributed by atoms with Crippen molar-refractivity contribution in [2.24, 2.45) is 0 Å². The Morgan fingerprint density at radius 2 is 1.06 bits per heavy atom. The van der Waals surface area contributed by atoms with Crippen LogP contribution in [0.1, 0.15) is 25.0 Å². The Labute approximate surface area is 199 Å². The molecule has 0 heterocycles. The van der Waals surface area contributed by atoms with Gasteiger partial charge in [-0.2, -0.15) is 0 Å². The van der Waals surface area contributed by atoms with Crippen LogP contribution >= 0.6 is 0 Å². The number of hydrogen-bond donors (Lipinski definition) is 2. The van der Waals surface area contributed by atoms with Gasteiger partial charge in [0.15, 0.2) is 13.6 Å². The van der Waals surface area contributed by atoms with Crippen LogP contribution in [0.25, 0.3) is 32.7 Å². The number of phenolic OH excluding ortho intramolecular Hbond substituents is 2. The number of ether oxygens (including phenoxy) is 4. The first-order chi connectivity index (χ1) is 16.5. The minimum Gasteiger partial charge on any atom is -0.507 e. The van der Waals surface area contributed by atoms with E-state index in [2.05, 4.69) is 0 Å². The van der Waals surface area contributed by atoms with Crippen molar-refractivity contribution in [3.05, 3.63) is 59.7 Å². The molecular weight excluding hydrogens is 432 g/mol. The second-order valence-electron chi connectivity index (χ2n) is 8.05. The fraction of sp³-hybridized carbons (Fsp3) is 0.286. The van der Waals surface area contributed by atoms with Gasteiger partial charge in [-0.25, -0.2) is 0 Å². The second-order valence-corrected chi connectivity index (χ2v) is 8.05. The maximum Gasteiger partial charge on any atom is 0.189 e. The van der Waals surface area contributed by atoms with Gasteiger partial charge in [-0.15, -0.1) is 0 Å². The van der Waals surface area contributed by atoms with Gasteiger partial charge in [-0.3, -0.25) is 0 Å². The van der Waals surface area contributed by atoms with Crippen LogP contribution in [0.2, 0.25) is 0 Å². The summed E-state index contributed by atoms with van der Waals surface area (Å²) in [4.78, 5) is 0. The predicted octanol–water partition coefficient (Wildman–Crippen LogP) is 6.43. The Hall–Kier alpha value is -3.48. The van der Waals surface area contributed by atoms with Crippen molar-refractivity contribution in [1.29, 1.82) is 0 Å². The lowest BCUT2D eigenvalue weighted by molar-refractivity contribution is 0.0230. The molecule has 0 saturated heterocycles. The van der Waals surface area contributed by atoms with Gasteiger partial charge in [0.2, 0.25) is 0 Å². The highest BCUT2D eigenvalue weighted by Gasteiger charge is 2.21. The van der Waals surface area contributed by atoms with Gasteiger partial charge >= 0.3 is 0 Å². The predicted molar refractivity (Wildman–Crippen MR) is 134 cm³/mol. The van der Waals surface area contributed by atoms with Crippen molar-refractivity contribution in [1.82, 2.24) is 0 Å². The number of hydrogen-bond acceptors (Lipinski definition) is 6. The molecule has 0 radical (unpaired) electrons. The summed E-state index contributed by atoms with van der Waals surface area (Å²) in [5.74, 6) is 1.24. The fourth-order valence-corrected chi connectivity index (χ4v) is 4.23. The van der Waals surface area contributed by atoms with Crippen molar-refractivity contribution in [3.8, 4) is 34.1 Å². The van der Waals surface area contributed by atoms with Crippen molar-refractivity contribution >= 4 is 21.5 Å². The number of rotatable bonds is 9. The third-order valence-electron chi connectivity index (χ3n) is 5.91. The van der Waals surface area contributed by atoms with E-state index in [4.69, 9.17) is 18.9 Å². The minimum atomic E-state index is 0.0656. The largest absolute Gasteiger partial charge is 0.507 e.